The molecule has 3 rings (SSSR count). The number of carbonyl (C=O) groups is 1. The second-order valence-corrected chi connectivity index (χ2v) is 10.2. The molecule has 2 aromatic rings. The summed E-state index contributed by atoms with van der Waals surface area (Å²) in [6.07, 6.45) is 13.4. The summed E-state index contributed by atoms with van der Waals surface area (Å²) >= 11 is 1.44. The van der Waals surface area contributed by atoms with Gasteiger partial charge >= 0.3 is 0 Å². The van der Waals surface area contributed by atoms with Gasteiger partial charge in [-0.3, -0.25) is 4.79 Å². The van der Waals surface area contributed by atoms with Gasteiger partial charge in [-0.15, -0.1) is 5.10 Å². The Labute approximate surface area is 214 Å². The molecule has 1 aliphatic heterocycles. The molecule has 1 atom stereocenters. The third kappa shape index (κ3) is 9.88. The van der Waals surface area contributed by atoms with Gasteiger partial charge in [0.1, 0.15) is 5.75 Å². The van der Waals surface area contributed by atoms with Gasteiger partial charge in [0.2, 0.25) is 5.91 Å². The lowest BCUT2D eigenvalue weighted by molar-refractivity contribution is -0.118. The molecule has 0 radical (unpaired) electrons. The number of amidine groups is 1. The van der Waals surface area contributed by atoms with Crippen molar-refractivity contribution < 1.29 is 9.53 Å². The minimum atomic E-state index is -0.173. The number of hydrogen-bond donors (Lipinski definition) is 1. The lowest BCUT2D eigenvalue weighted by Gasteiger charge is -2.06. The van der Waals surface area contributed by atoms with Crippen molar-refractivity contribution in [2.75, 3.05) is 6.61 Å². The van der Waals surface area contributed by atoms with Crippen LogP contribution in [0.15, 0.2) is 58.7 Å². The monoisotopic (exact) mass is 493 g/mol. The molecule has 6 heteroatoms. The molecule has 2 aromatic carbocycles. The topological polar surface area (TPSA) is 63.1 Å². The van der Waals surface area contributed by atoms with E-state index in [0.717, 1.165) is 30.8 Å². The molecule has 1 N–H and O–H groups in total. The smallest absolute Gasteiger partial charge is 0.239 e. The van der Waals surface area contributed by atoms with Crippen LogP contribution in [0.5, 0.6) is 5.75 Å². The van der Waals surface area contributed by atoms with E-state index in [1.807, 2.05) is 24.3 Å². The molecule has 188 valence electrons. The average molecular weight is 494 g/mol. The van der Waals surface area contributed by atoms with Crippen molar-refractivity contribution >= 4 is 29.1 Å². The van der Waals surface area contributed by atoms with Crippen LogP contribution in [0.4, 0.5) is 0 Å². The molecular formula is C29H39N3O2S. The Morgan fingerprint density at radius 1 is 0.886 bits per heavy atom. The predicted octanol–water partition coefficient (Wildman–Crippen LogP) is 6.93. The molecule has 0 bridgehead atoms. The molecule has 1 amide bonds. The number of ether oxygens (including phenoxy) is 1. The standard InChI is InChI=1S/C29H39N3O2S/c1-3-5-7-8-9-10-20-34-26-18-16-25(17-19-26)22-30-32-29-31-28(33)27(35-29)21-24-14-12-23(13-15-24)11-6-4-2/h12-19,22,27H,3-11,20-21H2,1-2H3,(H,31,32,33)/b30-22-/t27-/m1/s1. The van der Waals surface area contributed by atoms with Crippen molar-refractivity contribution in [3.8, 4) is 5.75 Å². The van der Waals surface area contributed by atoms with Gasteiger partial charge < -0.3 is 10.1 Å². The first-order chi connectivity index (χ1) is 17.2. The fourth-order valence-corrected chi connectivity index (χ4v) is 4.86. The zero-order valence-corrected chi connectivity index (χ0v) is 22.0. The zero-order chi connectivity index (χ0) is 24.7. The molecule has 0 aliphatic carbocycles. The van der Waals surface area contributed by atoms with E-state index in [0.29, 0.717) is 11.6 Å². The van der Waals surface area contributed by atoms with Crippen molar-refractivity contribution in [2.45, 2.75) is 83.3 Å². The maximum Gasteiger partial charge on any atom is 0.239 e. The van der Waals surface area contributed by atoms with Crippen LogP contribution in [0.25, 0.3) is 0 Å². The summed E-state index contributed by atoms with van der Waals surface area (Å²) in [5.41, 5.74) is 3.46. The van der Waals surface area contributed by atoms with Crippen LogP contribution in [-0.2, 0) is 17.6 Å². The van der Waals surface area contributed by atoms with Crippen LogP contribution in [0.1, 0.15) is 81.9 Å². The van der Waals surface area contributed by atoms with Gasteiger partial charge in [-0.25, -0.2) is 0 Å². The number of carbonyl (C=O) groups excluding carboxylic acids is 1. The Bertz CT molecular complexity index is 955. The lowest BCUT2D eigenvalue weighted by atomic mass is 10.0. The highest BCUT2D eigenvalue weighted by Gasteiger charge is 2.30. The van der Waals surface area contributed by atoms with E-state index in [-0.39, 0.29) is 11.2 Å². The maximum atomic E-state index is 12.4. The number of amides is 1. The Balaban J connectivity index is 1.40. The highest BCUT2D eigenvalue weighted by Crippen LogP contribution is 2.24. The second kappa shape index (κ2) is 15.4. The average Bonchev–Trinajstić information content (AvgIpc) is 3.22. The summed E-state index contributed by atoms with van der Waals surface area (Å²) in [5, 5.41) is 11.6. The Hall–Kier alpha value is -2.60. The third-order valence-corrected chi connectivity index (χ3v) is 7.11. The van der Waals surface area contributed by atoms with Gasteiger partial charge in [0.15, 0.2) is 5.17 Å². The number of unbranched alkanes of at least 4 members (excludes halogenated alkanes) is 6. The molecular weight excluding hydrogens is 454 g/mol. The predicted molar refractivity (Wildman–Crippen MR) is 149 cm³/mol. The molecule has 0 spiro atoms. The fraction of sp³-hybridized carbons (Fsp3) is 0.483. The van der Waals surface area contributed by atoms with Gasteiger partial charge in [0.25, 0.3) is 0 Å². The van der Waals surface area contributed by atoms with Crippen LogP contribution < -0.4 is 10.1 Å². The van der Waals surface area contributed by atoms with E-state index < -0.39 is 0 Å². The molecule has 1 heterocycles. The van der Waals surface area contributed by atoms with Gasteiger partial charge in [-0.2, -0.15) is 5.10 Å². The Morgan fingerprint density at radius 2 is 1.57 bits per heavy atom. The van der Waals surface area contributed by atoms with Gasteiger partial charge in [0, 0.05) is 0 Å². The highest BCUT2D eigenvalue weighted by atomic mass is 32.2. The van der Waals surface area contributed by atoms with Crippen LogP contribution in [0.3, 0.4) is 0 Å². The highest BCUT2D eigenvalue weighted by molar-refractivity contribution is 8.15. The molecule has 1 saturated heterocycles. The minimum absolute atomic E-state index is 0.00845. The van der Waals surface area contributed by atoms with Crippen molar-refractivity contribution in [2.24, 2.45) is 10.2 Å². The fourth-order valence-electron chi connectivity index (χ4n) is 3.89. The Kier molecular flexibility index (Phi) is 11.9. The van der Waals surface area contributed by atoms with Crippen molar-refractivity contribution in [1.29, 1.82) is 0 Å². The molecule has 35 heavy (non-hydrogen) atoms. The quantitative estimate of drug-likeness (QED) is 0.166. The van der Waals surface area contributed by atoms with E-state index in [9.17, 15) is 4.79 Å². The maximum absolute atomic E-state index is 12.4. The normalized spacial score (nSPS) is 16.8. The van der Waals surface area contributed by atoms with Crippen LogP contribution >= 0.6 is 11.8 Å². The number of rotatable bonds is 15. The minimum Gasteiger partial charge on any atom is -0.494 e. The number of nitrogens with zero attached hydrogens (tertiary/aromatic N) is 2. The summed E-state index contributed by atoms with van der Waals surface area (Å²) in [6.45, 7) is 5.20. The van der Waals surface area contributed by atoms with Crippen molar-refractivity contribution in [3.05, 3.63) is 65.2 Å². The van der Waals surface area contributed by atoms with Crippen molar-refractivity contribution in [1.82, 2.24) is 5.32 Å². The van der Waals surface area contributed by atoms with E-state index in [1.54, 1.807) is 6.21 Å². The van der Waals surface area contributed by atoms with E-state index in [4.69, 9.17) is 4.74 Å². The summed E-state index contributed by atoms with van der Waals surface area (Å²) in [6, 6.07) is 16.5. The first kappa shape index (κ1) is 27.0. The lowest BCUT2D eigenvalue weighted by Crippen LogP contribution is -2.25. The number of thioether (sulfide) groups is 1. The number of nitrogens with one attached hydrogen (secondary N) is 1. The van der Waals surface area contributed by atoms with Crippen molar-refractivity contribution in [3.63, 3.8) is 0 Å². The van der Waals surface area contributed by atoms with E-state index in [2.05, 4.69) is 53.6 Å². The van der Waals surface area contributed by atoms with Gasteiger partial charge in [0.05, 0.1) is 18.1 Å². The van der Waals surface area contributed by atoms with E-state index in [1.165, 1.54) is 67.8 Å². The summed E-state index contributed by atoms with van der Waals surface area (Å²) < 4.78 is 5.83. The summed E-state index contributed by atoms with van der Waals surface area (Å²) in [5.74, 6) is 0.868. The SMILES string of the molecule is CCCCCCCCOc1ccc(/C=N\N=C2\NC(=O)[C@@H](Cc3ccc(CCCC)cc3)S2)cc1. The van der Waals surface area contributed by atoms with E-state index >= 15 is 0 Å². The first-order valence-corrected chi connectivity index (χ1v) is 13.9. The first-order valence-electron chi connectivity index (χ1n) is 13.1. The summed E-state index contributed by atoms with van der Waals surface area (Å²) in [4.78, 5) is 12.4. The molecule has 0 saturated carbocycles. The summed E-state index contributed by atoms with van der Waals surface area (Å²) in [7, 11) is 0. The molecule has 0 unspecified atom stereocenters. The van der Waals surface area contributed by atoms with Gasteiger partial charge in [-0.1, -0.05) is 88.4 Å². The Morgan fingerprint density at radius 3 is 2.31 bits per heavy atom. The molecule has 5 nitrogen and oxygen atoms in total. The zero-order valence-electron chi connectivity index (χ0n) is 21.2. The van der Waals surface area contributed by atoms with Crippen LogP contribution in [0, 0.1) is 0 Å². The molecule has 1 fully saturated rings. The largest absolute Gasteiger partial charge is 0.494 e. The van der Waals surface area contributed by atoms with Gasteiger partial charge in [-0.05, 0) is 66.6 Å². The molecule has 1 aliphatic rings. The third-order valence-electron chi connectivity index (χ3n) is 6.04. The van der Waals surface area contributed by atoms with Crippen LogP contribution in [0.2, 0.25) is 0 Å². The second-order valence-electron chi connectivity index (χ2n) is 9.05. The number of benzene rings is 2. The molecule has 0 aromatic heterocycles. The number of aryl methyl sites for hydroxylation is 1. The number of hydrogen-bond acceptors (Lipinski definition) is 5. The van der Waals surface area contributed by atoms with Crippen LogP contribution in [-0.4, -0.2) is 29.1 Å².